The zero-order valence-corrected chi connectivity index (χ0v) is 13.3. The maximum atomic E-state index is 4.88. The molecule has 0 saturated heterocycles. The van der Waals surface area contributed by atoms with Gasteiger partial charge >= 0.3 is 68.9 Å². The van der Waals surface area contributed by atoms with Crippen LogP contribution in [-0.4, -0.2) is 7.11 Å². The Bertz CT molecular complexity index is 155. The van der Waals surface area contributed by atoms with E-state index in [0.717, 1.165) is 5.75 Å². The monoisotopic (exact) mass is 273 g/mol. The third-order valence-electron chi connectivity index (χ3n) is 0.914. The van der Waals surface area contributed by atoms with E-state index in [2.05, 4.69) is 6.07 Å². The second-order valence-corrected chi connectivity index (χ2v) is 1.44. The molecule has 0 radical (unpaired) electrons. The molecule has 1 nitrogen and oxygen atoms in total. The molecular weight excluding hydrogens is 265 g/mol. The first-order valence-electron chi connectivity index (χ1n) is 2.43. The van der Waals surface area contributed by atoms with Crippen LogP contribution in [0, 0.1) is 6.07 Å². The van der Waals surface area contributed by atoms with Crippen LogP contribution in [0.25, 0.3) is 0 Å². The van der Waals surface area contributed by atoms with E-state index in [9.17, 15) is 0 Å². The van der Waals surface area contributed by atoms with E-state index < -0.39 is 0 Å². The van der Waals surface area contributed by atoms with Crippen LogP contribution < -0.4 is 73.6 Å². The minimum Gasteiger partial charge on any atom is -0.813 e. The molecule has 50 valence electrons. The average molecular weight is 273 g/mol. The number of hydrogen-bond acceptors (Lipinski definition) is 2. The van der Waals surface area contributed by atoms with E-state index in [0.29, 0.717) is 0 Å². The number of rotatable bonds is 1. The van der Waals surface area contributed by atoms with Crippen molar-refractivity contribution in [3.05, 3.63) is 30.3 Å². The molecule has 0 aromatic heterocycles. The molecule has 0 fully saturated rings. The number of benzene rings is 1. The summed E-state index contributed by atoms with van der Waals surface area (Å²) in [4.78, 5) is 0. The zero-order valence-electron chi connectivity index (χ0n) is 6.16. The van der Waals surface area contributed by atoms with Gasteiger partial charge in [-0.25, -0.2) is 0 Å². The predicted molar refractivity (Wildman–Crippen MR) is 40.6 cm³/mol. The molecule has 0 heterocycles. The molecule has 10 heavy (non-hydrogen) atoms. The fraction of sp³-hybridized carbons (Fsp3) is 0.143. The van der Waals surface area contributed by atoms with E-state index in [1.165, 1.54) is 0 Å². The van der Waals surface area contributed by atoms with Crippen LogP contribution in [0.5, 0.6) is 5.75 Å². The molecule has 0 unspecified atom stereocenters. The summed E-state index contributed by atoms with van der Waals surface area (Å²) in [6.45, 7) is 0. The van der Waals surface area contributed by atoms with E-state index in [1.807, 2.05) is 18.2 Å². The van der Waals surface area contributed by atoms with Crippen molar-refractivity contribution in [3.63, 3.8) is 0 Å². The summed E-state index contributed by atoms with van der Waals surface area (Å²) in [6, 6.07) is 10.3. The van der Waals surface area contributed by atoms with Crippen LogP contribution >= 0.6 is 0 Å². The largest absolute Gasteiger partial charge is 1.00 e. The summed E-state index contributed by atoms with van der Waals surface area (Å²) in [5.74, 6) is 0.854. The van der Waals surface area contributed by atoms with E-state index in [-0.39, 0.29) is 82.4 Å². The molecule has 3 heteroatoms. The molecule has 0 N–H and O–H groups in total. The van der Waals surface area contributed by atoms with Gasteiger partial charge in [0.15, 0.2) is 0 Å². The van der Waals surface area contributed by atoms with Gasteiger partial charge < -0.3 is 18.2 Å². The summed E-state index contributed by atoms with van der Waals surface area (Å²) in [6.07, 6.45) is 0. The quantitative estimate of drug-likeness (QED) is 0.340. The van der Waals surface area contributed by atoms with Crippen molar-refractivity contribution in [2.45, 2.75) is 0 Å². The molecule has 1 aromatic carbocycles. The Hall–Kier alpha value is 1.42. The fourth-order valence-electron chi connectivity index (χ4n) is 0.504. The van der Waals surface area contributed by atoms with Crippen molar-refractivity contribution in [2.24, 2.45) is 0 Å². The maximum Gasteiger partial charge on any atom is 1.00 e. The minimum absolute atomic E-state index is 0. The number of hydrogen-bond donors (Lipinski definition) is 0. The van der Waals surface area contributed by atoms with Gasteiger partial charge in [0.1, 0.15) is 0 Å². The molecule has 0 bridgehead atoms. The van der Waals surface area contributed by atoms with Gasteiger partial charge in [-0.05, 0) is 0 Å². The molecule has 0 aliphatic heterocycles. The number of methoxy groups -OCH3 is 1. The maximum absolute atomic E-state index is 4.88. The number of ether oxygens (including phenoxy) is 1. The Balaban J connectivity index is 0. The first-order valence-corrected chi connectivity index (χ1v) is 2.43. The Morgan fingerprint density at radius 2 is 2.20 bits per heavy atom. The Morgan fingerprint density at radius 1 is 1.50 bits per heavy atom. The van der Waals surface area contributed by atoms with Crippen LogP contribution in [0.2, 0.25) is 0 Å². The Kier molecular flexibility index (Phi) is 11.9. The summed E-state index contributed by atoms with van der Waals surface area (Å²) < 4.78 is 4.88. The van der Waals surface area contributed by atoms with Crippen LogP contribution in [0.4, 0.5) is 0 Å². The summed E-state index contributed by atoms with van der Waals surface area (Å²) in [5.41, 5.74) is 0. The van der Waals surface area contributed by atoms with Crippen molar-refractivity contribution >= 4 is 13.5 Å². The van der Waals surface area contributed by atoms with Crippen molar-refractivity contribution in [2.75, 3.05) is 7.11 Å². The fourth-order valence-corrected chi connectivity index (χ4v) is 0.504. The summed E-state index contributed by atoms with van der Waals surface area (Å²) >= 11 is 0. The Morgan fingerprint density at radius 3 is 2.50 bits per heavy atom. The minimum atomic E-state index is 0. The standard InChI is InChI=1S/C7H7O.Cs.H2S/c1-8-7-5-3-2-4-6-7;;/h2-3,5-6H,1H3;;1H2/q-1;+1;/p-1. The molecule has 0 aliphatic carbocycles. The molecule has 0 amide bonds. The van der Waals surface area contributed by atoms with Gasteiger partial charge in [-0.1, -0.05) is 0 Å². The van der Waals surface area contributed by atoms with Gasteiger partial charge in [-0.3, -0.25) is 0 Å². The first-order chi connectivity index (χ1) is 3.93. The summed E-state index contributed by atoms with van der Waals surface area (Å²) in [7, 11) is 1.64. The molecule has 0 spiro atoms. The van der Waals surface area contributed by atoms with Gasteiger partial charge in [0.25, 0.3) is 0 Å². The molecular formula is C7H8CsOS-. The molecule has 1 aromatic rings. The van der Waals surface area contributed by atoms with Gasteiger partial charge in [0.2, 0.25) is 0 Å². The third-order valence-corrected chi connectivity index (χ3v) is 0.914. The summed E-state index contributed by atoms with van der Waals surface area (Å²) in [5, 5.41) is 0. The number of thiol groups is 1. The second kappa shape index (κ2) is 8.52. The van der Waals surface area contributed by atoms with Gasteiger partial charge in [0, 0.05) is 5.75 Å². The van der Waals surface area contributed by atoms with E-state index in [4.69, 9.17) is 4.74 Å². The van der Waals surface area contributed by atoms with E-state index in [1.54, 1.807) is 13.2 Å². The second-order valence-electron chi connectivity index (χ2n) is 1.44. The van der Waals surface area contributed by atoms with Crippen molar-refractivity contribution in [1.82, 2.24) is 0 Å². The molecule has 0 saturated carbocycles. The SMILES string of the molecule is COc1c[c-]ccc1.[Cs+].[SH-]. The van der Waals surface area contributed by atoms with Crippen molar-refractivity contribution < 1.29 is 73.6 Å². The smallest absolute Gasteiger partial charge is 0.813 e. The van der Waals surface area contributed by atoms with Gasteiger partial charge in [-0.2, -0.15) is 18.2 Å². The average Bonchev–Trinajstić information content (AvgIpc) is 1.90. The molecule has 0 atom stereocenters. The third kappa shape index (κ3) is 5.12. The van der Waals surface area contributed by atoms with E-state index >= 15 is 0 Å². The Labute approximate surface area is 127 Å². The van der Waals surface area contributed by atoms with Crippen LogP contribution in [0.1, 0.15) is 0 Å². The first kappa shape index (κ1) is 14.0. The van der Waals surface area contributed by atoms with Crippen molar-refractivity contribution in [3.8, 4) is 5.75 Å². The zero-order chi connectivity index (χ0) is 5.82. The van der Waals surface area contributed by atoms with Crippen LogP contribution in [0.15, 0.2) is 24.3 Å². The predicted octanol–water partition coefficient (Wildman–Crippen LogP) is -1.77. The normalized spacial score (nSPS) is 6.90. The topological polar surface area (TPSA) is 9.23 Å². The molecule has 1 rings (SSSR count). The molecule has 0 aliphatic rings. The van der Waals surface area contributed by atoms with Crippen molar-refractivity contribution in [1.29, 1.82) is 0 Å². The van der Waals surface area contributed by atoms with Crippen LogP contribution in [-0.2, 0) is 13.5 Å². The van der Waals surface area contributed by atoms with Gasteiger partial charge in [-0.15, -0.1) is 12.1 Å². The van der Waals surface area contributed by atoms with Gasteiger partial charge in [0.05, 0.1) is 7.11 Å². The van der Waals surface area contributed by atoms with Crippen LogP contribution in [0.3, 0.4) is 0 Å².